The van der Waals surface area contributed by atoms with E-state index in [0.29, 0.717) is 18.5 Å². The zero-order chi connectivity index (χ0) is 14.8. The molecule has 2 nitrogen and oxygen atoms in total. The molecular weight excluding hydrogens is 333 g/mol. The van der Waals surface area contributed by atoms with Gasteiger partial charge in [-0.25, -0.2) is 4.39 Å². The first-order chi connectivity index (χ1) is 10.1. The molecule has 2 aromatic rings. The molecular formula is C17H15BrFNO. The third-order valence-electron chi connectivity index (χ3n) is 3.84. The predicted molar refractivity (Wildman–Crippen MR) is 83.6 cm³/mol. The summed E-state index contributed by atoms with van der Waals surface area (Å²) >= 11 is 3.37. The summed E-state index contributed by atoms with van der Waals surface area (Å²) in [5, 5.41) is 3.27. The largest absolute Gasteiger partial charge is 0.303 e. The lowest BCUT2D eigenvalue weighted by Crippen LogP contribution is -2.42. The first-order valence-electron chi connectivity index (χ1n) is 6.90. The second kappa shape index (κ2) is 6.08. The molecule has 0 amide bonds. The average Bonchev–Trinajstić information content (AvgIpc) is 2.50. The Kier molecular flexibility index (Phi) is 4.17. The number of carbonyl (C=O) groups is 1. The molecule has 0 saturated carbocycles. The van der Waals surface area contributed by atoms with Crippen LogP contribution in [0.1, 0.15) is 16.7 Å². The minimum absolute atomic E-state index is 0.0933. The molecule has 0 aromatic heterocycles. The van der Waals surface area contributed by atoms with Gasteiger partial charge in [-0.3, -0.25) is 4.79 Å². The van der Waals surface area contributed by atoms with Crippen molar-refractivity contribution in [2.45, 2.75) is 25.4 Å². The van der Waals surface area contributed by atoms with Crippen LogP contribution in [0.2, 0.25) is 0 Å². The van der Waals surface area contributed by atoms with E-state index in [1.54, 1.807) is 6.07 Å². The molecule has 1 unspecified atom stereocenters. The maximum absolute atomic E-state index is 13.3. The fourth-order valence-corrected chi connectivity index (χ4v) is 3.06. The highest BCUT2D eigenvalue weighted by molar-refractivity contribution is 9.10. The summed E-state index contributed by atoms with van der Waals surface area (Å²) in [6.07, 6.45) is 0.931. The molecule has 1 N–H and O–H groups in total. The summed E-state index contributed by atoms with van der Waals surface area (Å²) in [6, 6.07) is 12.4. The Morgan fingerprint density at radius 2 is 2.00 bits per heavy atom. The quantitative estimate of drug-likeness (QED) is 0.921. The van der Waals surface area contributed by atoms with Gasteiger partial charge in [-0.2, -0.15) is 0 Å². The molecule has 1 aliphatic rings. The first-order valence-corrected chi connectivity index (χ1v) is 7.69. The van der Waals surface area contributed by atoms with Crippen LogP contribution in [0.15, 0.2) is 46.9 Å². The zero-order valence-electron chi connectivity index (χ0n) is 11.4. The number of hydrogen-bond donors (Lipinski definition) is 1. The molecule has 3 rings (SSSR count). The van der Waals surface area contributed by atoms with Crippen molar-refractivity contribution in [3.8, 4) is 0 Å². The lowest BCUT2D eigenvalue weighted by Gasteiger charge is -2.25. The van der Waals surface area contributed by atoms with Crippen LogP contribution < -0.4 is 5.32 Å². The molecule has 0 bridgehead atoms. The molecule has 21 heavy (non-hydrogen) atoms. The highest BCUT2D eigenvalue weighted by Crippen LogP contribution is 2.21. The summed E-state index contributed by atoms with van der Waals surface area (Å²) in [5.41, 5.74) is 3.15. The van der Waals surface area contributed by atoms with E-state index < -0.39 is 0 Å². The molecule has 0 aliphatic carbocycles. The summed E-state index contributed by atoms with van der Waals surface area (Å²) in [5.74, 6) is -0.223. The fraction of sp³-hybridized carbons (Fsp3) is 0.235. The van der Waals surface area contributed by atoms with Crippen molar-refractivity contribution in [1.82, 2.24) is 5.32 Å². The predicted octanol–water partition coefficient (Wildman–Crippen LogP) is 3.41. The topological polar surface area (TPSA) is 29.1 Å². The summed E-state index contributed by atoms with van der Waals surface area (Å²) in [6.45, 7) is 0.705. The van der Waals surface area contributed by atoms with Crippen LogP contribution in [-0.2, 0) is 24.2 Å². The van der Waals surface area contributed by atoms with Gasteiger partial charge in [0.2, 0.25) is 0 Å². The van der Waals surface area contributed by atoms with E-state index in [1.165, 1.54) is 23.3 Å². The van der Waals surface area contributed by atoms with E-state index in [2.05, 4.69) is 33.4 Å². The molecule has 4 heteroatoms. The first kappa shape index (κ1) is 14.4. The smallest absolute Gasteiger partial charge is 0.154 e. The van der Waals surface area contributed by atoms with Gasteiger partial charge in [-0.15, -0.1) is 0 Å². The zero-order valence-corrected chi connectivity index (χ0v) is 13.0. The van der Waals surface area contributed by atoms with Crippen molar-refractivity contribution in [3.63, 3.8) is 0 Å². The van der Waals surface area contributed by atoms with Gasteiger partial charge >= 0.3 is 0 Å². The second-order valence-corrected chi connectivity index (χ2v) is 6.14. The van der Waals surface area contributed by atoms with E-state index in [0.717, 1.165) is 4.47 Å². The standard InChI is InChI=1S/C17H15BrFNO/c18-15-6-5-14(19)7-13(15)9-17(21)16-8-11-3-1-2-4-12(11)10-20-16/h1-7,16,20H,8-10H2. The molecule has 0 radical (unpaired) electrons. The van der Waals surface area contributed by atoms with Gasteiger partial charge in [0.05, 0.1) is 6.04 Å². The Hall–Kier alpha value is -1.52. The minimum Gasteiger partial charge on any atom is -0.303 e. The molecule has 2 aromatic carbocycles. The minimum atomic E-state index is -0.317. The van der Waals surface area contributed by atoms with Crippen LogP contribution in [0.3, 0.4) is 0 Å². The van der Waals surface area contributed by atoms with Crippen molar-refractivity contribution in [2.75, 3.05) is 0 Å². The van der Waals surface area contributed by atoms with Crippen molar-refractivity contribution >= 4 is 21.7 Å². The van der Waals surface area contributed by atoms with Crippen LogP contribution in [0, 0.1) is 5.82 Å². The molecule has 1 heterocycles. The fourth-order valence-electron chi connectivity index (χ4n) is 2.67. The van der Waals surface area contributed by atoms with Crippen LogP contribution in [0.5, 0.6) is 0 Å². The van der Waals surface area contributed by atoms with Crippen molar-refractivity contribution in [2.24, 2.45) is 0 Å². The van der Waals surface area contributed by atoms with E-state index >= 15 is 0 Å². The number of ketones is 1. The summed E-state index contributed by atoms with van der Waals surface area (Å²) < 4.78 is 14.1. The lowest BCUT2D eigenvalue weighted by atomic mass is 9.91. The van der Waals surface area contributed by atoms with Crippen molar-refractivity contribution < 1.29 is 9.18 Å². The van der Waals surface area contributed by atoms with E-state index in [-0.39, 0.29) is 24.1 Å². The maximum Gasteiger partial charge on any atom is 0.154 e. The highest BCUT2D eigenvalue weighted by Gasteiger charge is 2.24. The van der Waals surface area contributed by atoms with E-state index in [9.17, 15) is 9.18 Å². The van der Waals surface area contributed by atoms with Gasteiger partial charge in [0.15, 0.2) is 5.78 Å². The van der Waals surface area contributed by atoms with E-state index in [1.807, 2.05) is 12.1 Å². The average molecular weight is 348 g/mol. The number of carbonyl (C=O) groups excluding carboxylic acids is 1. The van der Waals surface area contributed by atoms with Gasteiger partial charge < -0.3 is 5.32 Å². The highest BCUT2D eigenvalue weighted by atomic mass is 79.9. The Bertz CT molecular complexity index is 686. The van der Waals surface area contributed by atoms with E-state index in [4.69, 9.17) is 0 Å². The molecule has 0 saturated heterocycles. The number of benzene rings is 2. The third kappa shape index (κ3) is 3.22. The number of rotatable bonds is 3. The number of fused-ring (bicyclic) bond motifs is 1. The van der Waals surface area contributed by atoms with Crippen molar-refractivity contribution in [3.05, 3.63) is 69.4 Å². The van der Waals surface area contributed by atoms with Gasteiger partial charge in [-0.1, -0.05) is 40.2 Å². The molecule has 1 aliphatic heterocycles. The third-order valence-corrected chi connectivity index (χ3v) is 4.62. The lowest BCUT2D eigenvalue weighted by molar-refractivity contribution is -0.120. The van der Waals surface area contributed by atoms with Gasteiger partial charge in [0, 0.05) is 17.4 Å². The van der Waals surface area contributed by atoms with Gasteiger partial charge in [0.25, 0.3) is 0 Å². The Morgan fingerprint density at radius 3 is 2.81 bits per heavy atom. The Balaban J connectivity index is 1.74. The van der Waals surface area contributed by atoms with Gasteiger partial charge in [-0.05, 0) is 41.3 Å². The number of hydrogen-bond acceptors (Lipinski definition) is 2. The Labute approximate surface area is 131 Å². The molecule has 0 spiro atoms. The monoisotopic (exact) mass is 347 g/mol. The normalized spacial score (nSPS) is 17.3. The van der Waals surface area contributed by atoms with Gasteiger partial charge in [0.1, 0.15) is 5.82 Å². The SMILES string of the molecule is O=C(Cc1cc(F)ccc1Br)C1Cc2ccccc2CN1. The van der Waals surface area contributed by atoms with Crippen LogP contribution in [-0.4, -0.2) is 11.8 Å². The maximum atomic E-state index is 13.3. The second-order valence-electron chi connectivity index (χ2n) is 5.29. The molecule has 108 valence electrons. The molecule has 0 fully saturated rings. The summed E-state index contributed by atoms with van der Waals surface area (Å²) in [4.78, 5) is 12.4. The number of halogens is 2. The number of Topliss-reactive ketones (excluding diaryl/α,β-unsaturated/α-hetero) is 1. The van der Waals surface area contributed by atoms with Crippen molar-refractivity contribution in [1.29, 1.82) is 0 Å². The Morgan fingerprint density at radius 1 is 1.24 bits per heavy atom. The summed E-state index contributed by atoms with van der Waals surface area (Å²) in [7, 11) is 0. The van der Waals surface area contributed by atoms with Crippen LogP contribution in [0.25, 0.3) is 0 Å². The number of nitrogens with one attached hydrogen (secondary N) is 1. The molecule has 1 atom stereocenters. The van der Waals surface area contributed by atoms with Crippen LogP contribution in [0.4, 0.5) is 4.39 Å². The van der Waals surface area contributed by atoms with Crippen LogP contribution >= 0.6 is 15.9 Å².